The van der Waals surface area contributed by atoms with Crippen LogP contribution in [0, 0.1) is 6.92 Å². The van der Waals surface area contributed by atoms with Crippen molar-refractivity contribution in [1.82, 2.24) is 15.4 Å². The number of aryl methyl sites for hydroxylation is 1. The average Bonchev–Trinajstić information content (AvgIpc) is 3.05. The highest BCUT2D eigenvalue weighted by Gasteiger charge is 2.35. The summed E-state index contributed by atoms with van der Waals surface area (Å²) in [6.45, 7) is 3.98. The van der Waals surface area contributed by atoms with Gasteiger partial charge < -0.3 is 24.8 Å². The third kappa shape index (κ3) is 5.71. The summed E-state index contributed by atoms with van der Waals surface area (Å²) in [5.74, 6) is -0.722. The molecule has 1 aromatic heterocycles. The highest BCUT2D eigenvalue weighted by molar-refractivity contribution is 8.01. The number of amides is 3. The van der Waals surface area contributed by atoms with Crippen LogP contribution < -0.4 is 10.6 Å². The van der Waals surface area contributed by atoms with Gasteiger partial charge in [0.1, 0.15) is 11.8 Å². The smallest absolute Gasteiger partial charge is 0.308 e. The number of carbonyl (C=O) groups excluding carboxylic acids is 4. The van der Waals surface area contributed by atoms with Gasteiger partial charge in [0.05, 0.1) is 24.5 Å². The van der Waals surface area contributed by atoms with Gasteiger partial charge in [0.2, 0.25) is 17.7 Å². The van der Waals surface area contributed by atoms with Crippen molar-refractivity contribution in [3.8, 4) is 0 Å². The summed E-state index contributed by atoms with van der Waals surface area (Å²) in [6.07, 6.45) is -0.208. The molecule has 148 valence electrons. The van der Waals surface area contributed by atoms with Crippen LogP contribution in [-0.4, -0.2) is 71.0 Å². The Hall–Kier alpha value is -2.56. The molecule has 2 heterocycles. The fourth-order valence-electron chi connectivity index (χ4n) is 2.47. The Morgan fingerprint density at radius 2 is 2.26 bits per heavy atom. The number of nitrogens with one attached hydrogen (secondary N) is 2. The molecule has 0 spiro atoms. The Morgan fingerprint density at radius 3 is 2.89 bits per heavy atom. The van der Waals surface area contributed by atoms with E-state index in [2.05, 4.69) is 20.5 Å². The van der Waals surface area contributed by atoms with Gasteiger partial charge in [-0.2, -0.15) is 0 Å². The summed E-state index contributed by atoms with van der Waals surface area (Å²) in [5.41, 5.74) is 0. The number of esters is 1. The molecule has 2 atom stereocenters. The van der Waals surface area contributed by atoms with Crippen molar-refractivity contribution in [2.45, 2.75) is 31.6 Å². The molecule has 0 radical (unpaired) electrons. The van der Waals surface area contributed by atoms with E-state index in [0.29, 0.717) is 24.7 Å². The van der Waals surface area contributed by atoms with Crippen LogP contribution >= 0.6 is 11.8 Å². The number of hydrogen-bond acceptors (Lipinski definition) is 8. The number of carbonyl (C=O) groups is 4. The molecule has 1 aliphatic rings. The van der Waals surface area contributed by atoms with E-state index in [0.717, 1.165) is 11.8 Å². The van der Waals surface area contributed by atoms with E-state index in [1.807, 2.05) is 0 Å². The van der Waals surface area contributed by atoms with Crippen molar-refractivity contribution in [3.05, 3.63) is 11.8 Å². The second-order valence-corrected chi connectivity index (χ2v) is 7.27. The molecule has 0 aromatic carbocycles. The maximum atomic E-state index is 12.5. The van der Waals surface area contributed by atoms with Crippen LogP contribution in [0.1, 0.15) is 19.1 Å². The first-order valence-electron chi connectivity index (χ1n) is 8.31. The minimum absolute atomic E-state index is 0.00260. The molecule has 1 fully saturated rings. The Balaban J connectivity index is 1.89. The van der Waals surface area contributed by atoms with Gasteiger partial charge in [-0.15, -0.1) is 11.8 Å². The molecule has 2 unspecified atom stereocenters. The summed E-state index contributed by atoms with van der Waals surface area (Å²) in [4.78, 5) is 49.6. The number of rotatable bonds is 7. The molecule has 2 rings (SSSR count). The molecular formula is C16H22N4O6S. The van der Waals surface area contributed by atoms with Gasteiger partial charge in [-0.25, -0.2) is 0 Å². The highest BCUT2D eigenvalue weighted by Crippen LogP contribution is 2.17. The molecule has 0 saturated carbocycles. The van der Waals surface area contributed by atoms with Crippen LogP contribution in [0.4, 0.5) is 5.82 Å². The fourth-order valence-corrected chi connectivity index (χ4v) is 3.23. The molecule has 11 heteroatoms. The van der Waals surface area contributed by atoms with Crippen LogP contribution in [0.15, 0.2) is 10.6 Å². The van der Waals surface area contributed by atoms with Gasteiger partial charge >= 0.3 is 5.97 Å². The van der Waals surface area contributed by atoms with E-state index in [1.165, 1.54) is 12.0 Å². The van der Waals surface area contributed by atoms with Crippen molar-refractivity contribution in [3.63, 3.8) is 0 Å². The minimum Gasteiger partial charge on any atom is -0.469 e. The zero-order chi connectivity index (χ0) is 20.0. The average molecular weight is 398 g/mol. The lowest BCUT2D eigenvalue weighted by molar-refractivity contribution is -0.149. The molecule has 3 amide bonds. The van der Waals surface area contributed by atoms with Gasteiger partial charge in [-0.3, -0.25) is 19.2 Å². The van der Waals surface area contributed by atoms with E-state index >= 15 is 0 Å². The van der Waals surface area contributed by atoms with Crippen LogP contribution in [0.3, 0.4) is 0 Å². The summed E-state index contributed by atoms with van der Waals surface area (Å²) >= 11 is 1.13. The lowest BCUT2D eigenvalue weighted by Crippen LogP contribution is -2.58. The predicted octanol–water partition coefficient (Wildman–Crippen LogP) is -0.0667. The number of hydrogen-bond donors (Lipinski definition) is 2. The first-order chi connectivity index (χ1) is 12.8. The highest BCUT2D eigenvalue weighted by atomic mass is 32.2. The SMILES string of the molecule is COC(=O)CC1C(=O)NCCN1C(=O)CSC(C)C(=O)Nc1cc(C)on1. The fraction of sp³-hybridized carbons (Fsp3) is 0.562. The third-order valence-electron chi connectivity index (χ3n) is 3.94. The largest absolute Gasteiger partial charge is 0.469 e. The normalized spacial score (nSPS) is 17.8. The molecule has 10 nitrogen and oxygen atoms in total. The van der Waals surface area contributed by atoms with Crippen molar-refractivity contribution >= 4 is 41.3 Å². The number of aromatic nitrogens is 1. The number of anilines is 1. The van der Waals surface area contributed by atoms with Crippen LogP contribution in [0.2, 0.25) is 0 Å². The topological polar surface area (TPSA) is 131 Å². The maximum absolute atomic E-state index is 12.5. The van der Waals surface area contributed by atoms with Gasteiger partial charge in [-0.05, 0) is 13.8 Å². The molecule has 0 aliphatic carbocycles. The zero-order valence-corrected chi connectivity index (χ0v) is 16.1. The monoisotopic (exact) mass is 398 g/mol. The number of nitrogens with zero attached hydrogens (tertiary/aromatic N) is 2. The molecule has 0 bridgehead atoms. The summed E-state index contributed by atoms with van der Waals surface area (Å²) in [6, 6.07) is 0.686. The van der Waals surface area contributed by atoms with Crippen molar-refractivity contribution in [2.75, 3.05) is 31.3 Å². The number of ether oxygens (including phenoxy) is 1. The number of methoxy groups -OCH3 is 1. The van der Waals surface area contributed by atoms with Gasteiger partial charge in [0.25, 0.3) is 0 Å². The summed E-state index contributed by atoms with van der Waals surface area (Å²) in [7, 11) is 1.22. The molecule has 1 aromatic rings. The molecule has 27 heavy (non-hydrogen) atoms. The predicted molar refractivity (Wildman–Crippen MR) is 96.9 cm³/mol. The standard InChI is InChI=1S/C16H22N4O6S/c1-9-6-12(19-26-9)18-15(23)10(2)27-8-13(21)20-5-4-17-16(24)11(20)7-14(22)25-3/h6,10-11H,4-5,7-8H2,1-3H3,(H,17,24)(H,18,19,23). The molecular weight excluding hydrogens is 376 g/mol. The first-order valence-corrected chi connectivity index (χ1v) is 9.36. The minimum atomic E-state index is -0.901. The maximum Gasteiger partial charge on any atom is 0.308 e. The first kappa shape index (κ1) is 20.7. The van der Waals surface area contributed by atoms with E-state index in [9.17, 15) is 19.2 Å². The van der Waals surface area contributed by atoms with E-state index in [1.54, 1.807) is 19.9 Å². The lowest BCUT2D eigenvalue weighted by Gasteiger charge is -2.34. The van der Waals surface area contributed by atoms with Crippen molar-refractivity contribution in [2.24, 2.45) is 0 Å². The Morgan fingerprint density at radius 1 is 1.52 bits per heavy atom. The number of thioether (sulfide) groups is 1. The van der Waals surface area contributed by atoms with Gasteiger partial charge in [0, 0.05) is 19.2 Å². The molecule has 1 aliphatic heterocycles. The quantitative estimate of drug-likeness (QED) is 0.611. The Kier molecular flexibility index (Phi) is 7.22. The van der Waals surface area contributed by atoms with Crippen LogP contribution in [0.5, 0.6) is 0 Å². The number of piperazine rings is 1. The lowest BCUT2D eigenvalue weighted by atomic mass is 10.1. The van der Waals surface area contributed by atoms with Gasteiger partial charge in [-0.1, -0.05) is 5.16 Å². The van der Waals surface area contributed by atoms with Crippen molar-refractivity contribution in [1.29, 1.82) is 0 Å². The third-order valence-corrected chi connectivity index (χ3v) is 5.07. The van der Waals surface area contributed by atoms with E-state index < -0.39 is 23.2 Å². The molecule has 2 N–H and O–H groups in total. The summed E-state index contributed by atoms with van der Waals surface area (Å²) < 4.78 is 9.47. The van der Waals surface area contributed by atoms with Crippen LogP contribution in [0.25, 0.3) is 0 Å². The van der Waals surface area contributed by atoms with E-state index in [4.69, 9.17) is 4.52 Å². The summed E-state index contributed by atoms with van der Waals surface area (Å²) in [5, 5.41) is 8.39. The molecule has 1 saturated heterocycles. The second-order valence-electron chi connectivity index (χ2n) is 5.94. The van der Waals surface area contributed by atoms with Crippen LogP contribution in [-0.2, 0) is 23.9 Å². The van der Waals surface area contributed by atoms with E-state index in [-0.39, 0.29) is 24.0 Å². The Bertz CT molecular complexity index is 722. The second kappa shape index (κ2) is 9.40. The van der Waals surface area contributed by atoms with Gasteiger partial charge in [0.15, 0.2) is 5.82 Å². The Labute approximate surface area is 160 Å². The zero-order valence-electron chi connectivity index (χ0n) is 15.3. The van der Waals surface area contributed by atoms with Crippen molar-refractivity contribution < 1.29 is 28.4 Å².